The molecular weight excluding hydrogens is 516 g/mol. The van der Waals surface area contributed by atoms with Gasteiger partial charge in [0, 0.05) is 5.57 Å². The van der Waals surface area contributed by atoms with Crippen LogP contribution < -0.4 is 0 Å². The number of aliphatic hydroxyl groups excluding tert-OH is 2. The molecule has 1 fully saturated rings. The molecule has 1 aliphatic heterocycles. The molecule has 1 saturated heterocycles. The van der Waals surface area contributed by atoms with Gasteiger partial charge in [0.05, 0.1) is 13.2 Å². The van der Waals surface area contributed by atoms with Gasteiger partial charge < -0.3 is 24.4 Å². The first-order chi connectivity index (χ1) is 19.5. The lowest BCUT2D eigenvalue weighted by atomic mass is 9.84. The van der Waals surface area contributed by atoms with Crippen molar-refractivity contribution >= 4 is 5.97 Å². The van der Waals surface area contributed by atoms with Gasteiger partial charge in [0.15, 0.2) is 12.4 Å². The van der Waals surface area contributed by atoms with E-state index in [1.165, 1.54) is 23.1 Å². The molecule has 0 amide bonds. The molecular formula is C35H54O6. The van der Waals surface area contributed by atoms with Gasteiger partial charge in [0.1, 0.15) is 12.2 Å². The zero-order valence-corrected chi connectivity index (χ0v) is 25.9. The maximum atomic E-state index is 12.6. The third-order valence-corrected chi connectivity index (χ3v) is 9.07. The molecule has 0 bridgehead atoms. The Morgan fingerprint density at radius 1 is 1.02 bits per heavy atom. The number of carbonyl (C=O) groups excluding carboxylic acids is 1. The van der Waals surface area contributed by atoms with Crippen LogP contribution in [0, 0.1) is 17.8 Å². The van der Waals surface area contributed by atoms with Gasteiger partial charge in [-0.05, 0) is 109 Å². The van der Waals surface area contributed by atoms with Crippen LogP contribution in [0.5, 0.6) is 0 Å². The Bertz CT molecular complexity index is 991. The van der Waals surface area contributed by atoms with Crippen LogP contribution in [0.3, 0.4) is 0 Å². The second-order valence-corrected chi connectivity index (χ2v) is 12.7. The molecule has 0 aromatic heterocycles. The van der Waals surface area contributed by atoms with E-state index in [2.05, 4.69) is 46.1 Å². The molecule has 0 aromatic carbocycles. The summed E-state index contributed by atoms with van der Waals surface area (Å²) in [4.78, 5) is 12.6. The average Bonchev–Trinajstić information content (AvgIpc) is 2.95. The summed E-state index contributed by atoms with van der Waals surface area (Å²) < 4.78 is 17.0. The fourth-order valence-electron chi connectivity index (χ4n) is 5.95. The van der Waals surface area contributed by atoms with Crippen LogP contribution in [0.4, 0.5) is 0 Å². The number of carbonyl (C=O) groups is 1. The van der Waals surface area contributed by atoms with Crippen molar-refractivity contribution in [3.63, 3.8) is 0 Å². The summed E-state index contributed by atoms with van der Waals surface area (Å²) in [5.74, 6) is 1.03. The van der Waals surface area contributed by atoms with E-state index in [4.69, 9.17) is 14.2 Å². The van der Waals surface area contributed by atoms with Crippen molar-refractivity contribution in [2.75, 3.05) is 13.2 Å². The standard InChI is InChI=1S/C35H54O6/c1-23(2)29-17-13-27(14-18-29)11-7-9-25(5)21-39-35-33(37)32(36)31(22-40-35)41-34(38)26(6)10-8-12-28-15-19-30(20-16-28)24(3)4/h10,13,15,25,29-33,35-37H,1,3,7-9,11-12,14,16-22H2,2,4-6H3/b26-10+/t25-,29+,30+,31+,32-,33+,35+/m1/s1. The zero-order chi connectivity index (χ0) is 29.9. The minimum atomic E-state index is -1.28. The average molecular weight is 571 g/mol. The van der Waals surface area contributed by atoms with Gasteiger partial charge in [-0.3, -0.25) is 0 Å². The van der Waals surface area contributed by atoms with Crippen molar-refractivity contribution in [3.05, 3.63) is 59.3 Å². The number of hydrogen-bond donors (Lipinski definition) is 2. The molecule has 2 N–H and O–H groups in total. The molecule has 0 saturated carbocycles. The predicted molar refractivity (Wildman–Crippen MR) is 164 cm³/mol. The number of allylic oxidation sites excluding steroid dienone is 7. The van der Waals surface area contributed by atoms with Crippen molar-refractivity contribution in [2.45, 2.75) is 123 Å². The van der Waals surface area contributed by atoms with E-state index in [0.717, 1.165) is 64.2 Å². The van der Waals surface area contributed by atoms with Gasteiger partial charge in [-0.15, -0.1) is 0 Å². The molecule has 6 nitrogen and oxygen atoms in total. The topological polar surface area (TPSA) is 85.2 Å². The normalized spacial score (nSPS) is 29.8. The summed E-state index contributed by atoms with van der Waals surface area (Å²) in [5.41, 5.74) is 6.01. The summed E-state index contributed by atoms with van der Waals surface area (Å²) in [6, 6.07) is 0. The highest BCUT2D eigenvalue weighted by atomic mass is 16.7. The first-order valence-electron chi connectivity index (χ1n) is 15.7. The Morgan fingerprint density at radius 3 is 2.20 bits per heavy atom. The summed E-state index contributed by atoms with van der Waals surface area (Å²) in [6.07, 6.45) is 13.9. The van der Waals surface area contributed by atoms with Crippen molar-refractivity contribution in [1.82, 2.24) is 0 Å². The Morgan fingerprint density at radius 2 is 1.63 bits per heavy atom. The summed E-state index contributed by atoms with van der Waals surface area (Å²) >= 11 is 0. The van der Waals surface area contributed by atoms with Gasteiger partial charge >= 0.3 is 5.97 Å². The Labute approximate surface area is 248 Å². The number of esters is 1. The van der Waals surface area contributed by atoms with E-state index in [0.29, 0.717) is 29.9 Å². The van der Waals surface area contributed by atoms with E-state index >= 15 is 0 Å². The zero-order valence-electron chi connectivity index (χ0n) is 25.9. The van der Waals surface area contributed by atoms with Gasteiger partial charge in [-0.25, -0.2) is 4.79 Å². The lowest BCUT2D eigenvalue weighted by Gasteiger charge is -2.37. The smallest absolute Gasteiger partial charge is 0.333 e. The van der Waals surface area contributed by atoms with Gasteiger partial charge in [-0.2, -0.15) is 0 Å². The fourth-order valence-corrected chi connectivity index (χ4v) is 5.95. The Kier molecular flexibility index (Phi) is 13.6. The molecule has 230 valence electrons. The molecule has 41 heavy (non-hydrogen) atoms. The number of ether oxygens (including phenoxy) is 3. The Hall–Kier alpha value is -1.99. The highest BCUT2D eigenvalue weighted by Gasteiger charge is 2.41. The second-order valence-electron chi connectivity index (χ2n) is 12.7. The van der Waals surface area contributed by atoms with Gasteiger partial charge in [0.25, 0.3) is 0 Å². The summed E-state index contributed by atoms with van der Waals surface area (Å²) in [5, 5.41) is 21.2. The van der Waals surface area contributed by atoms with E-state index in [1.807, 2.05) is 6.08 Å². The van der Waals surface area contributed by atoms with Crippen molar-refractivity contribution in [1.29, 1.82) is 0 Å². The van der Waals surface area contributed by atoms with Crippen LogP contribution in [-0.2, 0) is 19.0 Å². The molecule has 2 aliphatic carbocycles. The molecule has 0 unspecified atom stereocenters. The van der Waals surface area contributed by atoms with E-state index < -0.39 is 30.6 Å². The molecule has 0 aromatic rings. The lowest BCUT2D eigenvalue weighted by molar-refractivity contribution is -0.275. The SMILES string of the molecule is C=C(C)[C@H]1CC=C(CC/C=C(\C)C(=O)O[C@H]2CO[C@H](OC[C@H](C)CCCC3=CC[C@H](C(=C)C)CC3)[C@@H](O)[C@@H]2O)CC1. The summed E-state index contributed by atoms with van der Waals surface area (Å²) in [7, 11) is 0. The molecule has 7 atom stereocenters. The first kappa shape index (κ1) is 33.5. The highest BCUT2D eigenvalue weighted by molar-refractivity contribution is 5.87. The van der Waals surface area contributed by atoms with E-state index in [9.17, 15) is 15.0 Å². The van der Waals surface area contributed by atoms with Crippen LogP contribution in [0.2, 0.25) is 0 Å². The predicted octanol–water partition coefficient (Wildman–Crippen LogP) is 7.13. The number of aliphatic hydroxyl groups is 2. The first-order valence-corrected chi connectivity index (χ1v) is 15.7. The molecule has 3 aliphatic rings. The van der Waals surface area contributed by atoms with Crippen LogP contribution in [0.15, 0.2) is 59.3 Å². The number of hydrogen-bond acceptors (Lipinski definition) is 6. The monoisotopic (exact) mass is 570 g/mol. The lowest BCUT2D eigenvalue weighted by Crippen LogP contribution is -2.55. The molecule has 1 heterocycles. The largest absolute Gasteiger partial charge is 0.454 e. The van der Waals surface area contributed by atoms with Crippen LogP contribution in [0.1, 0.15) is 98.3 Å². The third kappa shape index (κ3) is 10.7. The van der Waals surface area contributed by atoms with E-state index in [1.54, 1.807) is 12.5 Å². The van der Waals surface area contributed by atoms with E-state index in [-0.39, 0.29) is 6.61 Å². The molecule has 6 heteroatoms. The minimum absolute atomic E-state index is 0.0214. The van der Waals surface area contributed by atoms with Gasteiger partial charge in [0.2, 0.25) is 0 Å². The quantitative estimate of drug-likeness (QED) is 0.131. The maximum Gasteiger partial charge on any atom is 0.333 e. The van der Waals surface area contributed by atoms with Crippen molar-refractivity contribution in [3.8, 4) is 0 Å². The van der Waals surface area contributed by atoms with Crippen LogP contribution in [-0.4, -0.2) is 54.0 Å². The molecule has 0 radical (unpaired) electrons. The van der Waals surface area contributed by atoms with Crippen LogP contribution in [0.25, 0.3) is 0 Å². The van der Waals surface area contributed by atoms with Crippen molar-refractivity contribution < 1.29 is 29.2 Å². The minimum Gasteiger partial charge on any atom is -0.454 e. The number of rotatable bonds is 14. The third-order valence-electron chi connectivity index (χ3n) is 9.07. The highest BCUT2D eigenvalue weighted by Crippen LogP contribution is 2.32. The second kappa shape index (κ2) is 16.6. The fraction of sp³-hybridized carbons (Fsp3) is 0.686. The molecule has 3 rings (SSSR count). The summed E-state index contributed by atoms with van der Waals surface area (Å²) in [6.45, 7) is 16.6. The van der Waals surface area contributed by atoms with Crippen LogP contribution >= 0.6 is 0 Å². The van der Waals surface area contributed by atoms with Crippen molar-refractivity contribution in [2.24, 2.45) is 17.8 Å². The maximum absolute atomic E-state index is 12.6. The van der Waals surface area contributed by atoms with Gasteiger partial charge in [-0.1, -0.05) is 60.6 Å². The Balaban J connectivity index is 1.33. The molecule has 0 spiro atoms.